The van der Waals surface area contributed by atoms with Crippen molar-refractivity contribution in [2.75, 3.05) is 5.32 Å². The molecule has 5 rings (SSSR count). The Kier molecular flexibility index (Phi) is 5.08. The van der Waals surface area contributed by atoms with Gasteiger partial charge in [-0.1, -0.05) is 30.3 Å². The minimum absolute atomic E-state index is 0.130. The number of nitrogens with one attached hydrogen (secondary N) is 3. The molecule has 1 atom stereocenters. The normalized spacial score (nSPS) is 18.1. The van der Waals surface area contributed by atoms with Crippen molar-refractivity contribution >= 4 is 28.8 Å². The molecule has 7 nitrogen and oxygen atoms in total. The maximum absolute atomic E-state index is 12.8. The molecule has 0 saturated heterocycles. The molecule has 1 aromatic carbocycles. The topological polar surface area (TPSA) is 99.8 Å². The van der Waals surface area contributed by atoms with Gasteiger partial charge in [0.15, 0.2) is 0 Å². The van der Waals surface area contributed by atoms with E-state index in [1.165, 1.54) is 28.2 Å². The molecule has 0 bridgehead atoms. The Bertz CT molecular complexity index is 1090. The second kappa shape index (κ2) is 8.02. The predicted octanol–water partition coefficient (Wildman–Crippen LogP) is 3.02. The number of fused-ring (bicyclic) bond motifs is 3. The molecule has 1 unspecified atom stereocenters. The summed E-state index contributed by atoms with van der Waals surface area (Å²) >= 11 is 1.82. The van der Waals surface area contributed by atoms with E-state index >= 15 is 0 Å². The number of H-pyrrole nitrogens is 1. The SMILES string of the molecule is O=C(NC1CCc2sc3c(c2NC1=O)CCCC3)c1nnc(Cc2ccccc2)[nH]1. The zero-order chi connectivity index (χ0) is 20.5. The Morgan fingerprint density at radius 2 is 1.93 bits per heavy atom. The van der Waals surface area contributed by atoms with Gasteiger partial charge in [-0.25, -0.2) is 0 Å². The van der Waals surface area contributed by atoms with Gasteiger partial charge in [0, 0.05) is 16.2 Å². The van der Waals surface area contributed by atoms with Crippen LogP contribution in [0.5, 0.6) is 0 Å². The van der Waals surface area contributed by atoms with E-state index in [9.17, 15) is 9.59 Å². The van der Waals surface area contributed by atoms with Crippen molar-refractivity contribution in [2.24, 2.45) is 0 Å². The smallest absolute Gasteiger partial charge is 0.289 e. The highest BCUT2D eigenvalue weighted by molar-refractivity contribution is 7.12. The summed E-state index contributed by atoms with van der Waals surface area (Å²) in [7, 11) is 0. The lowest BCUT2D eigenvalue weighted by molar-refractivity contribution is -0.118. The molecule has 0 saturated carbocycles. The lowest BCUT2D eigenvalue weighted by Crippen LogP contribution is -2.43. The van der Waals surface area contributed by atoms with Crippen molar-refractivity contribution in [3.05, 3.63) is 62.9 Å². The highest BCUT2D eigenvalue weighted by atomic mass is 32.1. The minimum Gasteiger partial charge on any atom is -0.337 e. The molecule has 0 radical (unpaired) electrons. The number of amides is 2. The number of hydrogen-bond acceptors (Lipinski definition) is 5. The average molecular weight is 422 g/mol. The molecule has 2 aliphatic rings. The average Bonchev–Trinajstić information content (AvgIpc) is 3.33. The van der Waals surface area contributed by atoms with Gasteiger partial charge in [-0.2, -0.15) is 0 Å². The van der Waals surface area contributed by atoms with Crippen molar-refractivity contribution < 1.29 is 9.59 Å². The van der Waals surface area contributed by atoms with Crippen molar-refractivity contribution in [1.29, 1.82) is 0 Å². The standard InChI is InChI=1S/C22H23N5O2S/c28-21-15(10-11-17-19(25-21)14-8-4-5-9-16(14)30-17)23-22(29)20-24-18(26-27-20)12-13-6-2-1-3-7-13/h1-3,6-7,15H,4-5,8-12H2,(H,23,29)(H,25,28)(H,24,26,27). The summed E-state index contributed by atoms with van der Waals surface area (Å²) in [5.74, 6) is 0.183. The molecule has 0 spiro atoms. The van der Waals surface area contributed by atoms with Gasteiger partial charge < -0.3 is 15.6 Å². The van der Waals surface area contributed by atoms with Crippen LogP contribution in [-0.4, -0.2) is 33.0 Å². The number of aromatic amines is 1. The fourth-order valence-corrected chi connectivity index (χ4v) is 5.56. The summed E-state index contributed by atoms with van der Waals surface area (Å²) in [4.78, 5) is 31.1. The van der Waals surface area contributed by atoms with Crippen LogP contribution in [0.15, 0.2) is 30.3 Å². The number of anilines is 1. The van der Waals surface area contributed by atoms with E-state index in [1.807, 2.05) is 41.7 Å². The number of benzene rings is 1. The van der Waals surface area contributed by atoms with Gasteiger partial charge >= 0.3 is 0 Å². The molecule has 3 heterocycles. The Balaban J connectivity index is 1.25. The maximum Gasteiger partial charge on any atom is 0.289 e. The van der Waals surface area contributed by atoms with Crippen molar-refractivity contribution in [3.63, 3.8) is 0 Å². The zero-order valence-electron chi connectivity index (χ0n) is 16.5. The van der Waals surface area contributed by atoms with E-state index in [4.69, 9.17) is 0 Å². The Morgan fingerprint density at radius 3 is 2.80 bits per heavy atom. The van der Waals surface area contributed by atoms with E-state index in [0.717, 1.165) is 30.5 Å². The highest BCUT2D eigenvalue weighted by Crippen LogP contribution is 2.40. The summed E-state index contributed by atoms with van der Waals surface area (Å²) < 4.78 is 0. The van der Waals surface area contributed by atoms with Crippen molar-refractivity contribution in [2.45, 2.75) is 51.0 Å². The third kappa shape index (κ3) is 3.75. The van der Waals surface area contributed by atoms with E-state index in [-0.39, 0.29) is 11.7 Å². The molecule has 154 valence electrons. The Morgan fingerprint density at radius 1 is 1.10 bits per heavy atom. The molecular formula is C22H23N5O2S. The number of aromatic nitrogens is 3. The van der Waals surface area contributed by atoms with Crippen LogP contribution < -0.4 is 10.6 Å². The van der Waals surface area contributed by atoms with Gasteiger partial charge in [0.05, 0.1) is 5.69 Å². The third-order valence-electron chi connectivity index (χ3n) is 5.74. The van der Waals surface area contributed by atoms with Crippen LogP contribution in [0.3, 0.4) is 0 Å². The summed E-state index contributed by atoms with van der Waals surface area (Å²) in [6.07, 6.45) is 6.46. The monoisotopic (exact) mass is 421 g/mol. The second-order valence-electron chi connectivity index (χ2n) is 7.85. The number of aryl methyl sites for hydroxylation is 2. The minimum atomic E-state index is -0.584. The molecule has 2 aromatic heterocycles. The molecule has 3 aromatic rings. The fourth-order valence-electron chi connectivity index (χ4n) is 4.19. The Hall–Kier alpha value is -3.00. The lowest BCUT2D eigenvalue weighted by atomic mass is 9.97. The van der Waals surface area contributed by atoms with E-state index in [1.54, 1.807) is 0 Å². The maximum atomic E-state index is 12.8. The Labute approximate surface area is 178 Å². The summed E-state index contributed by atoms with van der Waals surface area (Å²) in [6, 6.07) is 9.28. The lowest BCUT2D eigenvalue weighted by Gasteiger charge is -2.16. The molecule has 30 heavy (non-hydrogen) atoms. The van der Waals surface area contributed by atoms with E-state index in [0.29, 0.717) is 18.7 Å². The number of nitrogens with zero attached hydrogens (tertiary/aromatic N) is 2. The summed E-state index contributed by atoms with van der Waals surface area (Å²) in [6.45, 7) is 0. The summed E-state index contributed by atoms with van der Waals surface area (Å²) in [5.41, 5.74) is 3.39. The third-order valence-corrected chi connectivity index (χ3v) is 7.09. The van der Waals surface area contributed by atoms with E-state index in [2.05, 4.69) is 25.8 Å². The van der Waals surface area contributed by atoms with Crippen LogP contribution in [-0.2, 0) is 30.5 Å². The molecule has 1 aliphatic carbocycles. The first-order chi connectivity index (χ1) is 14.7. The van der Waals surface area contributed by atoms with Gasteiger partial charge in [0.25, 0.3) is 5.91 Å². The number of thiophene rings is 1. The van der Waals surface area contributed by atoms with Crippen molar-refractivity contribution in [1.82, 2.24) is 20.5 Å². The molecule has 2 amide bonds. The first kappa shape index (κ1) is 19.0. The van der Waals surface area contributed by atoms with Gasteiger partial charge in [0.2, 0.25) is 11.7 Å². The predicted molar refractivity (Wildman–Crippen MR) is 115 cm³/mol. The zero-order valence-corrected chi connectivity index (χ0v) is 17.3. The van der Waals surface area contributed by atoms with Crippen LogP contribution in [0, 0.1) is 0 Å². The highest BCUT2D eigenvalue weighted by Gasteiger charge is 2.30. The van der Waals surface area contributed by atoms with Crippen LogP contribution in [0.2, 0.25) is 0 Å². The molecule has 8 heteroatoms. The van der Waals surface area contributed by atoms with Crippen LogP contribution in [0.1, 0.15) is 56.6 Å². The molecule has 1 aliphatic heterocycles. The van der Waals surface area contributed by atoms with Crippen LogP contribution in [0.25, 0.3) is 0 Å². The molecule has 3 N–H and O–H groups in total. The molecule has 0 fully saturated rings. The summed E-state index contributed by atoms with van der Waals surface area (Å²) in [5, 5.41) is 13.9. The number of hydrogen-bond donors (Lipinski definition) is 3. The van der Waals surface area contributed by atoms with Crippen molar-refractivity contribution in [3.8, 4) is 0 Å². The van der Waals surface area contributed by atoms with Crippen LogP contribution in [0.4, 0.5) is 5.69 Å². The quantitative estimate of drug-likeness (QED) is 0.603. The largest absolute Gasteiger partial charge is 0.337 e. The van der Waals surface area contributed by atoms with Crippen LogP contribution >= 0.6 is 11.3 Å². The number of carbonyl (C=O) groups excluding carboxylic acids is 2. The number of rotatable bonds is 4. The second-order valence-corrected chi connectivity index (χ2v) is 9.04. The number of carbonyl (C=O) groups is 2. The van der Waals surface area contributed by atoms with Gasteiger partial charge in [-0.05, 0) is 49.7 Å². The molecular weight excluding hydrogens is 398 g/mol. The van der Waals surface area contributed by atoms with E-state index < -0.39 is 11.9 Å². The van der Waals surface area contributed by atoms with Gasteiger partial charge in [-0.15, -0.1) is 21.5 Å². The fraction of sp³-hybridized carbons (Fsp3) is 0.364. The first-order valence-corrected chi connectivity index (χ1v) is 11.2. The van der Waals surface area contributed by atoms with Gasteiger partial charge in [-0.3, -0.25) is 9.59 Å². The van der Waals surface area contributed by atoms with Gasteiger partial charge in [0.1, 0.15) is 11.9 Å². The first-order valence-electron chi connectivity index (χ1n) is 10.4.